The first-order chi connectivity index (χ1) is 8.87. The third-order valence-electron chi connectivity index (χ3n) is 4.83. The minimum atomic E-state index is 0.0588. The maximum Gasteiger partial charge on any atom is 0.0521 e. The van der Waals surface area contributed by atoms with E-state index < -0.39 is 0 Å². The van der Waals surface area contributed by atoms with Crippen LogP contribution < -0.4 is 11.1 Å². The lowest BCUT2D eigenvalue weighted by atomic mass is 9.63. The van der Waals surface area contributed by atoms with Gasteiger partial charge in [0.25, 0.3) is 0 Å². The van der Waals surface area contributed by atoms with Gasteiger partial charge in [0.15, 0.2) is 0 Å². The van der Waals surface area contributed by atoms with Gasteiger partial charge in [-0.1, -0.05) is 32.9 Å². The third-order valence-corrected chi connectivity index (χ3v) is 4.83. The van der Waals surface area contributed by atoms with E-state index >= 15 is 0 Å². The Kier molecular flexibility index (Phi) is 3.91. The maximum absolute atomic E-state index is 6.14. The van der Waals surface area contributed by atoms with Gasteiger partial charge in [-0.15, -0.1) is 0 Å². The Bertz CT molecular complexity index is 439. The molecule has 0 aromatic heterocycles. The van der Waals surface area contributed by atoms with Crippen LogP contribution in [0, 0.1) is 18.3 Å². The van der Waals surface area contributed by atoms with Crippen LogP contribution in [0.1, 0.15) is 45.6 Å². The first-order valence-corrected chi connectivity index (χ1v) is 7.42. The molecule has 0 radical (unpaired) electrons. The Morgan fingerprint density at radius 1 is 1.32 bits per heavy atom. The van der Waals surface area contributed by atoms with E-state index in [-0.39, 0.29) is 5.54 Å². The summed E-state index contributed by atoms with van der Waals surface area (Å²) < 4.78 is 0. The third kappa shape index (κ3) is 3.11. The zero-order chi connectivity index (χ0) is 14.1. The summed E-state index contributed by atoms with van der Waals surface area (Å²) in [5.41, 5.74) is 9.15. The molecule has 0 bridgehead atoms. The zero-order valence-electron chi connectivity index (χ0n) is 12.8. The van der Waals surface area contributed by atoms with E-state index in [1.165, 1.54) is 24.1 Å². The molecule has 1 aromatic rings. The quantitative estimate of drug-likeness (QED) is 0.863. The van der Waals surface area contributed by atoms with Gasteiger partial charge in [0.05, 0.1) is 5.54 Å². The summed E-state index contributed by atoms with van der Waals surface area (Å²) in [6.07, 6.45) is 3.64. The van der Waals surface area contributed by atoms with Gasteiger partial charge in [0.2, 0.25) is 0 Å². The maximum atomic E-state index is 6.14. The predicted octanol–water partition coefficient (Wildman–Crippen LogP) is 3.95. The number of nitrogens with two attached hydrogens (primary N) is 1. The number of hydrogen-bond acceptors (Lipinski definition) is 2. The molecule has 1 aliphatic rings. The number of anilines is 1. The highest BCUT2D eigenvalue weighted by atomic mass is 15.0. The van der Waals surface area contributed by atoms with E-state index in [4.69, 9.17) is 5.73 Å². The molecule has 2 rings (SSSR count). The lowest BCUT2D eigenvalue weighted by Gasteiger charge is -2.49. The van der Waals surface area contributed by atoms with Crippen LogP contribution in [0.2, 0.25) is 0 Å². The number of rotatable bonds is 3. The second-order valence-electron chi connectivity index (χ2n) is 7.12. The molecule has 1 fully saturated rings. The van der Waals surface area contributed by atoms with Gasteiger partial charge in [-0.2, -0.15) is 0 Å². The summed E-state index contributed by atoms with van der Waals surface area (Å²) in [4.78, 5) is 0. The van der Waals surface area contributed by atoms with Crippen LogP contribution in [0.3, 0.4) is 0 Å². The Morgan fingerprint density at radius 3 is 2.63 bits per heavy atom. The summed E-state index contributed by atoms with van der Waals surface area (Å²) in [7, 11) is 0. The monoisotopic (exact) mass is 260 g/mol. The van der Waals surface area contributed by atoms with Crippen LogP contribution in [-0.2, 0) is 0 Å². The molecular weight excluding hydrogens is 232 g/mol. The van der Waals surface area contributed by atoms with Crippen molar-refractivity contribution in [3.05, 3.63) is 29.8 Å². The van der Waals surface area contributed by atoms with E-state index in [1.807, 2.05) is 0 Å². The normalized spacial score (nSPS) is 30.1. The van der Waals surface area contributed by atoms with Crippen LogP contribution in [0.5, 0.6) is 0 Å². The topological polar surface area (TPSA) is 38.0 Å². The Hall–Kier alpha value is -1.02. The van der Waals surface area contributed by atoms with Crippen molar-refractivity contribution in [1.29, 1.82) is 0 Å². The molecule has 2 heteroatoms. The number of hydrogen-bond donors (Lipinski definition) is 2. The largest absolute Gasteiger partial charge is 0.378 e. The molecular formula is C17H28N2. The van der Waals surface area contributed by atoms with Crippen molar-refractivity contribution in [2.75, 3.05) is 11.9 Å². The molecule has 19 heavy (non-hydrogen) atoms. The van der Waals surface area contributed by atoms with Crippen molar-refractivity contribution in [3.63, 3.8) is 0 Å². The summed E-state index contributed by atoms with van der Waals surface area (Å²) >= 11 is 0. The molecule has 0 saturated heterocycles. The van der Waals surface area contributed by atoms with E-state index in [1.54, 1.807) is 0 Å². The Balaban J connectivity index is 2.19. The van der Waals surface area contributed by atoms with Gasteiger partial charge < -0.3 is 11.1 Å². The van der Waals surface area contributed by atoms with E-state index in [0.717, 1.165) is 6.42 Å². The first-order valence-electron chi connectivity index (χ1n) is 7.42. The lowest BCUT2D eigenvalue weighted by Crippen LogP contribution is -2.55. The summed E-state index contributed by atoms with van der Waals surface area (Å²) in [6, 6.07) is 8.60. The molecule has 1 aromatic carbocycles. The summed E-state index contributed by atoms with van der Waals surface area (Å²) in [5, 5.41) is 3.75. The second-order valence-corrected chi connectivity index (χ2v) is 7.12. The molecule has 2 atom stereocenters. The second kappa shape index (κ2) is 5.16. The average molecular weight is 260 g/mol. The molecule has 3 N–H and O–H groups in total. The number of benzene rings is 1. The molecule has 1 aliphatic carbocycles. The van der Waals surface area contributed by atoms with Crippen molar-refractivity contribution in [2.45, 2.75) is 52.5 Å². The van der Waals surface area contributed by atoms with Crippen molar-refractivity contribution < 1.29 is 0 Å². The van der Waals surface area contributed by atoms with Crippen LogP contribution >= 0.6 is 0 Å². The number of aryl methyl sites for hydroxylation is 1. The molecule has 0 amide bonds. The van der Waals surface area contributed by atoms with Gasteiger partial charge >= 0.3 is 0 Å². The van der Waals surface area contributed by atoms with Crippen LogP contribution in [0.4, 0.5) is 5.69 Å². The highest BCUT2D eigenvalue weighted by molar-refractivity contribution is 5.48. The van der Waals surface area contributed by atoms with Gasteiger partial charge in [0, 0.05) is 12.2 Å². The Labute approximate surface area is 117 Å². The van der Waals surface area contributed by atoms with Gasteiger partial charge in [-0.25, -0.2) is 0 Å². The smallest absolute Gasteiger partial charge is 0.0521 e. The molecule has 2 nitrogen and oxygen atoms in total. The van der Waals surface area contributed by atoms with Crippen molar-refractivity contribution in [3.8, 4) is 0 Å². The lowest BCUT2D eigenvalue weighted by molar-refractivity contribution is 0.120. The first kappa shape index (κ1) is 14.4. The van der Waals surface area contributed by atoms with Crippen LogP contribution in [0.15, 0.2) is 24.3 Å². The van der Waals surface area contributed by atoms with Gasteiger partial charge in [-0.3, -0.25) is 0 Å². The standard InChI is InChI=1S/C17H28N2/c1-13-6-5-7-15(10-13)19-17(12-18)9-8-16(3,4)11-14(17)2/h5-7,10,14,19H,8-9,11-12,18H2,1-4H3. The predicted molar refractivity (Wildman–Crippen MR) is 83.4 cm³/mol. The zero-order valence-corrected chi connectivity index (χ0v) is 12.8. The SMILES string of the molecule is Cc1cccc(NC2(CN)CCC(C)(C)CC2C)c1. The van der Waals surface area contributed by atoms with Crippen molar-refractivity contribution >= 4 is 5.69 Å². The molecule has 0 heterocycles. The minimum Gasteiger partial charge on any atom is -0.378 e. The molecule has 0 spiro atoms. The van der Waals surface area contributed by atoms with Crippen molar-refractivity contribution in [1.82, 2.24) is 0 Å². The van der Waals surface area contributed by atoms with Crippen LogP contribution in [-0.4, -0.2) is 12.1 Å². The molecule has 106 valence electrons. The highest BCUT2D eigenvalue weighted by Gasteiger charge is 2.42. The fourth-order valence-corrected chi connectivity index (χ4v) is 3.48. The minimum absolute atomic E-state index is 0.0588. The van der Waals surface area contributed by atoms with Gasteiger partial charge in [0.1, 0.15) is 0 Å². The molecule has 1 saturated carbocycles. The fraction of sp³-hybridized carbons (Fsp3) is 0.647. The van der Waals surface area contributed by atoms with Crippen molar-refractivity contribution in [2.24, 2.45) is 17.1 Å². The Morgan fingerprint density at radius 2 is 2.05 bits per heavy atom. The van der Waals surface area contributed by atoms with E-state index in [9.17, 15) is 0 Å². The summed E-state index contributed by atoms with van der Waals surface area (Å²) in [5.74, 6) is 0.599. The summed E-state index contributed by atoms with van der Waals surface area (Å²) in [6.45, 7) is 9.93. The highest BCUT2D eigenvalue weighted by Crippen LogP contribution is 2.44. The average Bonchev–Trinajstić information content (AvgIpc) is 2.33. The van der Waals surface area contributed by atoms with Gasteiger partial charge in [-0.05, 0) is 55.2 Å². The number of nitrogens with one attached hydrogen (secondary N) is 1. The van der Waals surface area contributed by atoms with E-state index in [2.05, 4.69) is 57.3 Å². The molecule has 2 unspecified atom stereocenters. The fourth-order valence-electron chi connectivity index (χ4n) is 3.48. The van der Waals surface area contributed by atoms with Crippen LogP contribution in [0.25, 0.3) is 0 Å². The molecule has 0 aliphatic heterocycles. The van der Waals surface area contributed by atoms with E-state index in [0.29, 0.717) is 17.9 Å².